The Kier molecular flexibility index (Phi) is 4.17. The highest BCUT2D eigenvalue weighted by Gasteiger charge is 2.06. The summed E-state index contributed by atoms with van der Waals surface area (Å²) in [6.07, 6.45) is 8.13. The summed E-state index contributed by atoms with van der Waals surface area (Å²) in [5, 5.41) is 4.59. The first kappa shape index (κ1) is 16.3. The molecular formula is C22H22N4. The molecule has 26 heavy (non-hydrogen) atoms. The van der Waals surface area contributed by atoms with Gasteiger partial charge in [0.1, 0.15) is 0 Å². The van der Waals surface area contributed by atoms with E-state index in [-0.39, 0.29) is 0 Å². The minimum Gasteiger partial charge on any atom is -0.326 e. The molecule has 0 aliphatic carbocycles. The third-order valence-electron chi connectivity index (χ3n) is 4.47. The minimum absolute atomic E-state index is 0.883. The maximum atomic E-state index is 4.59. The summed E-state index contributed by atoms with van der Waals surface area (Å²) in [4.78, 5) is 0. The predicted molar refractivity (Wildman–Crippen MR) is 102 cm³/mol. The topological polar surface area (TPSA) is 26.6 Å². The second-order valence-corrected chi connectivity index (χ2v) is 6.73. The first-order chi connectivity index (χ1) is 12.6. The van der Waals surface area contributed by atoms with E-state index < -0.39 is 0 Å². The molecule has 0 fully saturated rings. The van der Waals surface area contributed by atoms with Gasteiger partial charge in [0.2, 0.25) is 6.33 Å². The van der Waals surface area contributed by atoms with Crippen LogP contribution in [-0.2, 0) is 13.5 Å². The highest BCUT2D eigenvalue weighted by molar-refractivity contribution is 5.41. The Hall–Kier alpha value is -3.14. The van der Waals surface area contributed by atoms with Gasteiger partial charge in [0.05, 0.1) is 24.1 Å². The van der Waals surface area contributed by atoms with Crippen molar-refractivity contribution in [2.24, 2.45) is 7.05 Å². The van der Waals surface area contributed by atoms with E-state index >= 15 is 0 Å². The van der Waals surface area contributed by atoms with E-state index in [9.17, 15) is 0 Å². The van der Waals surface area contributed by atoms with Crippen molar-refractivity contribution < 1.29 is 4.57 Å². The molecule has 0 radical (unpaired) electrons. The lowest BCUT2D eigenvalue weighted by Gasteiger charge is -2.09. The van der Waals surface area contributed by atoms with Crippen LogP contribution in [0.25, 0.3) is 11.4 Å². The molecular weight excluding hydrogens is 320 g/mol. The summed E-state index contributed by atoms with van der Waals surface area (Å²) in [6.45, 7) is 4.11. The largest absolute Gasteiger partial charge is 0.326 e. The number of aromatic nitrogens is 4. The lowest BCUT2D eigenvalue weighted by molar-refractivity contribution is -0.674. The molecule has 0 saturated carbocycles. The summed E-state index contributed by atoms with van der Waals surface area (Å²) in [6, 6.07) is 19.3. The predicted octanol–water partition coefficient (Wildman–Crippen LogP) is 3.50. The molecule has 0 unspecified atom stereocenters. The Morgan fingerprint density at radius 3 is 2.27 bits per heavy atom. The molecule has 2 aromatic carbocycles. The Balaban J connectivity index is 1.62. The fourth-order valence-corrected chi connectivity index (χ4v) is 3.29. The van der Waals surface area contributed by atoms with Crippen molar-refractivity contribution >= 4 is 0 Å². The fourth-order valence-electron chi connectivity index (χ4n) is 3.29. The zero-order valence-electron chi connectivity index (χ0n) is 15.3. The zero-order chi connectivity index (χ0) is 18.1. The zero-order valence-corrected chi connectivity index (χ0v) is 15.3. The lowest BCUT2D eigenvalue weighted by Crippen LogP contribution is -2.24. The molecule has 130 valence electrons. The van der Waals surface area contributed by atoms with Crippen molar-refractivity contribution in [3.63, 3.8) is 0 Å². The number of benzene rings is 2. The van der Waals surface area contributed by atoms with Crippen LogP contribution < -0.4 is 4.57 Å². The summed E-state index contributed by atoms with van der Waals surface area (Å²) in [5.74, 6) is 0. The van der Waals surface area contributed by atoms with Crippen LogP contribution in [-0.4, -0.2) is 14.3 Å². The van der Waals surface area contributed by atoms with Crippen molar-refractivity contribution in [1.29, 1.82) is 0 Å². The Morgan fingerprint density at radius 2 is 1.65 bits per heavy atom. The first-order valence-electron chi connectivity index (χ1n) is 8.77. The van der Waals surface area contributed by atoms with Crippen LogP contribution in [0.3, 0.4) is 0 Å². The third kappa shape index (κ3) is 3.31. The van der Waals surface area contributed by atoms with Crippen molar-refractivity contribution in [1.82, 2.24) is 14.3 Å². The van der Waals surface area contributed by atoms with Crippen LogP contribution in [0.5, 0.6) is 0 Å². The molecule has 2 aromatic heterocycles. The van der Waals surface area contributed by atoms with Crippen LogP contribution in [0.4, 0.5) is 0 Å². The minimum atomic E-state index is 0.883. The number of rotatable bonds is 4. The average molecular weight is 342 g/mol. The van der Waals surface area contributed by atoms with Gasteiger partial charge >= 0.3 is 0 Å². The maximum Gasteiger partial charge on any atom is 0.243 e. The smallest absolute Gasteiger partial charge is 0.243 e. The fraction of sp³-hybridized carbons (Fsp3) is 0.182. The molecule has 4 nitrogen and oxygen atoms in total. The summed E-state index contributed by atoms with van der Waals surface area (Å²) < 4.78 is 5.93. The molecule has 0 bridgehead atoms. The van der Waals surface area contributed by atoms with Crippen molar-refractivity contribution in [3.05, 3.63) is 95.8 Å². The standard InChI is InChI=1S/C22H22N4/c1-17-12-18(2)26(23-17)22-9-5-7-20(15-22)13-19-6-4-8-21(14-19)25-11-10-24(3)16-25/h4-12,14-15H,13H2,1-3H3. The van der Waals surface area contributed by atoms with Crippen LogP contribution in [0.2, 0.25) is 0 Å². The van der Waals surface area contributed by atoms with E-state index in [0.717, 1.165) is 29.2 Å². The normalized spacial score (nSPS) is 11.0. The van der Waals surface area contributed by atoms with E-state index in [1.807, 2.05) is 40.2 Å². The molecule has 0 N–H and O–H groups in total. The second-order valence-electron chi connectivity index (χ2n) is 6.73. The van der Waals surface area contributed by atoms with Gasteiger partial charge in [-0.25, -0.2) is 4.68 Å². The molecule has 2 heterocycles. The number of hydrogen-bond donors (Lipinski definition) is 0. The van der Waals surface area contributed by atoms with Crippen LogP contribution >= 0.6 is 0 Å². The van der Waals surface area contributed by atoms with Crippen LogP contribution in [0.15, 0.2) is 67.0 Å². The molecule has 0 spiro atoms. The van der Waals surface area contributed by atoms with Gasteiger partial charge in [0.25, 0.3) is 0 Å². The lowest BCUT2D eigenvalue weighted by atomic mass is 10.0. The van der Waals surface area contributed by atoms with E-state index in [1.54, 1.807) is 0 Å². The molecule has 0 saturated heterocycles. The van der Waals surface area contributed by atoms with Gasteiger partial charge in [-0.1, -0.05) is 36.4 Å². The van der Waals surface area contributed by atoms with E-state index in [1.165, 1.54) is 11.1 Å². The molecule has 0 aliphatic heterocycles. The number of aryl methyl sites for hydroxylation is 3. The van der Waals surface area contributed by atoms with Crippen molar-refractivity contribution in [2.75, 3.05) is 0 Å². The number of nitrogens with zero attached hydrogens (tertiary/aromatic N) is 4. The summed E-state index contributed by atoms with van der Waals surface area (Å²) in [7, 11) is 1.98. The Labute approximate surface area is 154 Å². The van der Waals surface area contributed by atoms with Gasteiger partial charge in [0, 0.05) is 18.1 Å². The van der Waals surface area contributed by atoms with E-state index in [2.05, 4.69) is 72.9 Å². The van der Waals surface area contributed by atoms with E-state index in [0.29, 0.717) is 0 Å². The van der Waals surface area contributed by atoms with Gasteiger partial charge in [-0.15, -0.1) is 0 Å². The highest BCUT2D eigenvalue weighted by atomic mass is 15.3. The molecule has 0 atom stereocenters. The van der Waals surface area contributed by atoms with E-state index in [4.69, 9.17) is 0 Å². The maximum absolute atomic E-state index is 4.59. The van der Waals surface area contributed by atoms with Gasteiger partial charge < -0.3 is 9.13 Å². The second kappa shape index (κ2) is 6.64. The SMILES string of the molecule is Cc1cc(C)n(-c2cccc(Cc3cccc(-n4[c-][n+](C)cc4)c3)c2)n1. The highest BCUT2D eigenvalue weighted by Crippen LogP contribution is 2.18. The number of imidazole rings is 1. The van der Waals surface area contributed by atoms with Crippen LogP contribution in [0, 0.1) is 20.2 Å². The summed E-state index contributed by atoms with van der Waals surface area (Å²) in [5.41, 5.74) is 6.97. The quantitative estimate of drug-likeness (QED) is 0.412. The Bertz CT molecular complexity index is 1060. The molecule has 0 amide bonds. The Morgan fingerprint density at radius 1 is 0.962 bits per heavy atom. The molecule has 0 aliphatic rings. The van der Waals surface area contributed by atoms with Crippen molar-refractivity contribution in [3.8, 4) is 11.4 Å². The van der Waals surface area contributed by atoms with Gasteiger partial charge in [-0.3, -0.25) is 0 Å². The monoisotopic (exact) mass is 342 g/mol. The third-order valence-corrected chi connectivity index (χ3v) is 4.47. The van der Waals surface area contributed by atoms with Crippen molar-refractivity contribution in [2.45, 2.75) is 20.3 Å². The van der Waals surface area contributed by atoms with Crippen LogP contribution in [0.1, 0.15) is 22.5 Å². The molecule has 4 aromatic rings. The van der Waals surface area contributed by atoms with Gasteiger partial charge in [0.15, 0.2) is 0 Å². The average Bonchev–Trinajstić information content (AvgIpc) is 3.20. The first-order valence-corrected chi connectivity index (χ1v) is 8.77. The van der Waals surface area contributed by atoms with Gasteiger partial charge in [-0.2, -0.15) is 5.10 Å². The summed E-state index contributed by atoms with van der Waals surface area (Å²) >= 11 is 0. The number of hydrogen-bond acceptors (Lipinski definition) is 1. The molecule has 4 rings (SSSR count). The molecule has 4 heteroatoms. The van der Waals surface area contributed by atoms with Gasteiger partial charge in [-0.05, 0) is 49.6 Å².